The van der Waals surface area contributed by atoms with Crippen molar-refractivity contribution in [3.05, 3.63) is 72.4 Å². The van der Waals surface area contributed by atoms with E-state index >= 15 is 4.39 Å². The topological polar surface area (TPSA) is 42.3 Å². The Labute approximate surface area is 236 Å². The monoisotopic (exact) mass is 684 g/mol. The Morgan fingerprint density at radius 2 is 1.67 bits per heavy atom. The summed E-state index contributed by atoms with van der Waals surface area (Å²) in [5.74, 6) is -7.33. The third kappa shape index (κ3) is 5.91. The molecule has 0 bridgehead atoms. The number of aryl methyl sites for hydroxylation is 2. The highest BCUT2D eigenvalue weighted by Crippen LogP contribution is 2.58. The molecule has 2 aromatic carbocycles. The fourth-order valence-corrected chi connectivity index (χ4v) is 6.20. The highest BCUT2D eigenvalue weighted by molar-refractivity contribution is 9.10. The summed E-state index contributed by atoms with van der Waals surface area (Å²) in [6.07, 6.45) is -14.1. The van der Waals surface area contributed by atoms with Crippen LogP contribution < -0.4 is 4.67 Å². The predicted octanol–water partition coefficient (Wildman–Crippen LogP) is 9.07. The van der Waals surface area contributed by atoms with E-state index in [9.17, 15) is 39.9 Å². The van der Waals surface area contributed by atoms with Gasteiger partial charge in [-0.15, -0.1) is 0 Å². The number of carbonyl (C=O) groups is 1. The van der Waals surface area contributed by atoms with Gasteiger partial charge < -0.3 is 0 Å². The molecule has 1 unspecified atom stereocenters. The molecule has 0 radical (unpaired) electrons. The summed E-state index contributed by atoms with van der Waals surface area (Å²) < 4.78 is 127. The van der Waals surface area contributed by atoms with E-state index in [2.05, 4.69) is 25.3 Å². The second-order valence-corrected chi connectivity index (χ2v) is 11.3. The van der Waals surface area contributed by atoms with Crippen LogP contribution >= 0.6 is 48.4 Å². The van der Waals surface area contributed by atoms with Crippen LogP contribution in [0.25, 0.3) is 0 Å². The van der Waals surface area contributed by atoms with Gasteiger partial charge in [0, 0.05) is 32.6 Å². The quantitative estimate of drug-likeness (QED) is 0.142. The largest absolute Gasteiger partial charge is 0.457 e. The normalized spacial score (nSPS) is 14.9. The van der Waals surface area contributed by atoms with Crippen molar-refractivity contribution in [2.75, 3.05) is 0 Å². The molecule has 16 heteroatoms. The van der Waals surface area contributed by atoms with Crippen LogP contribution in [0.4, 0.5) is 45.2 Å². The minimum absolute atomic E-state index is 0.0777. The van der Waals surface area contributed by atoms with Gasteiger partial charge in [-0.25, -0.2) is 9.38 Å². The first-order chi connectivity index (χ1) is 17.8. The molecule has 3 aromatic rings. The van der Waals surface area contributed by atoms with Crippen LogP contribution in [-0.2, 0) is 18.5 Å². The zero-order valence-corrected chi connectivity index (χ0v) is 23.6. The Morgan fingerprint density at radius 3 is 2.15 bits per heavy atom. The lowest BCUT2D eigenvalue weighted by Crippen LogP contribution is -2.59. The molecular formula is C23H15BrClF9N2OS2. The number of nitrogens with zero attached hydrogens (tertiary/aromatic N) is 2. The van der Waals surface area contributed by atoms with Crippen molar-refractivity contribution in [1.29, 1.82) is 0 Å². The summed E-state index contributed by atoms with van der Waals surface area (Å²) in [5, 5.41) is 0.193. The Kier molecular flexibility index (Phi) is 9.00. The van der Waals surface area contributed by atoms with Gasteiger partial charge in [-0.05, 0) is 74.5 Å². The smallest absolute Gasteiger partial charge is 0.294 e. The second-order valence-electron chi connectivity index (χ2n) is 8.24. The van der Waals surface area contributed by atoms with E-state index in [1.165, 1.54) is 35.5 Å². The van der Waals surface area contributed by atoms with E-state index in [0.717, 1.165) is 17.5 Å². The van der Waals surface area contributed by atoms with Gasteiger partial charge in [-0.2, -0.15) is 39.5 Å². The van der Waals surface area contributed by atoms with Gasteiger partial charge in [0.25, 0.3) is 0 Å². The molecule has 212 valence electrons. The van der Waals surface area contributed by atoms with Gasteiger partial charge in [0.2, 0.25) is 0 Å². The first kappa shape index (κ1) is 31.6. The SMILES string of the molecule is CCc1cc(C(F)(C(F)(F)F)C(F)(F)C(F)(F)F)cc(C)c1CC(=O)c1ccc(N=c2ssnc2Cl)c(Br)c1. The van der Waals surface area contributed by atoms with Crippen LogP contribution in [0.15, 0.2) is 39.8 Å². The number of benzene rings is 2. The van der Waals surface area contributed by atoms with E-state index in [1.807, 2.05) is 0 Å². The highest BCUT2D eigenvalue weighted by Gasteiger charge is 2.81. The van der Waals surface area contributed by atoms with Crippen LogP contribution in [0.2, 0.25) is 5.15 Å². The Balaban J connectivity index is 2.03. The molecule has 1 atom stereocenters. The number of halogens is 11. The average molecular weight is 686 g/mol. The second kappa shape index (κ2) is 11.1. The van der Waals surface area contributed by atoms with E-state index in [0.29, 0.717) is 20.9 Å². The van der Waals surface area contributed by atoms with Crippen molar-refractivity contribution in [2.24, 2.45) is 4.99 Å². The van der Waals surface area contributed by atoms with E-state index in [1.54, 1.807) is 0 Å². The fraction of sp³-hybridized carbons (Fsp3) is 0.348. The predicted molar refractivity (Wildman–Crippen MR) is 133 cm³/mol. The van der Waals surface area contributed by atoms with Gasteiger partial charge in [0.05, 0.1) is 5.69 Å². The lowest BCUT2D eigenvalue weighted by Gasteiger charge is -2.36. The molecular weight excluding hydrogens is 671 g/mol. The van der Waals surface area contributed by atoms with Crippen molar-refractivity contribution in [3.8, 4) is 0 Å². The lowest BCUT2D eigenvalue weighted by molar-refractivity contribution is -0.389. The van der Waals surface area contributed by atoms with E-state index in [-0.39, 0.29) is 39.9 Å². The zero-order valence-electron chi connectivity index (χ0n) is 19.6. The van der Waals surface area contributed by atoms with E-state index < -0.39 is 41.7 Å². The average Bonchev–Trinajstić information content (AvgIpc) is 3.23. The molecule has 0 N–H and O–H groups in total. The number of alkyl halides is 9. The molecule has 39 heavy (non-hydrogen) atoms. The van der Waals surface area contributed by atoms with Gasteiger partial charge >= 0.3 is 23.9 Å². The van der Waals surface area contributed by atoms with Crippen molar-refractivity contribution in [3.63, 3.8) is 0 Å². The van der Waals surface area contributed by atoms with Crippen molar-refractivity contribution in [1.82, 2.24) is 4.37 Å². The van der Waals surface area contributed by atoms with Gasteiger partial charge in [0.1, 0.15) is 0 Å². The maximum absolute atomic E-state index is 15.0. The van der Waals surface area contributed by atoms with Crippen molar-refractivity contribution >= 4 is 59.9 Å². The summed E-state index contributed by atoms with van der Waals surface area (Å²) in [5.41, 5.74) is -7.77. The molecule has 0 saturated carbocycles. The summed E-state index contributed by atoms with van der Waals surface area (Å²) in [6.45, 7) is 2.48. The van der Waals surface area contributed by atoms with Crippen LogP contribution in [-0.4, -0.2) is 28.4 Å². The minimum atomic E-state index is -6.83. The molecule has 0 aliphatic rings. The molecule has 0 spiro atoms. The molecule has 0 saturated heterocycles. The molecule has 0 aliphatic carbocycles. The Hall–Kier alpha value is -1.97. The first-order valence-corrected chi connectivity index (χ1v) is 13.9. The summed E-state index contributed by atoms with van der Waals surface area (Å²) in [4.78, 5) is 17.3. The van der Waals surface area contributed by atoms with E-state index in [4.69, 9.17) is 11.6 Å². The zero-order chi connectivity index (χ0) is 29.6. The molecule has 1 aromatic heterocycles. The third-order valence-corrected chi connectivity index (χ3v) is 8.57. The Morgan fingerprint density at radius 1 is 1.03 bits per heavy atom. The van der Waals surface area contributed by atoms with Crippen LogP contribution in [0.1, 0.15) is 39.5 Å². The van der Waals surface area contributed by atoms with Crippen LogP contribution in [0, 0.1) is 6.92 Å². The Bertz CT molecular complexity index is 1470. The highest BCUT2D eigenvalue weighted by atomic mass is 79.9. The maximum atomic E-state index is 15.0. The standard InChI is InChI=1S/C23H15BrClF9N2OS2/c1-3-11-7-13(20(26,22(29,30)31)21(27,28)23(32,33)34)6-10(2)14(11)9-17(37)12-4-5-16(15(24)8-12)35-19-18(25)36-39-38-19/h4-8H,3,9H2,1-2H3. The number of Topliss-reactive ketones (excluding diaryl/α,β-unsaturated/α-hetero) is 1. The third-order valence-electron chi connectivity index (χ3n) is 5.76. The molecule has 0 fully saturated rings. The summed E-state index contributed by atoms with van der Waals surface area (Å²) >= 11 is 9.22. The van der Waals surface area contributed by atoms with Crippen LogP contribution in [0.3, 0.4) is 0 Å². The van der Waals surface area contributed by atoms with Gasteiger partial charge in [-0.1, -0.05) is 30.7 Å². The van der Waals surface area contributed by atoms with Crippen molar-refractivity contribution in [2.45, 2.75) is 50.6 Å². The van der Waals surface area contributed by atoms with Gasteiger partial charge in [0.15, 0.2) is 15.6 Å². The molecule has 3 nitrogen and oxygen atoms in total. The molecule has 0 amide bonds. The number of hydrogen-bond acceptors (Lipinski definition) is 5. The number of rotatable bonds is 7. The van der Waals surface area contributed by atoms with Gasteiger partial charge in [-0.3, -0.25) is 4.79 Å². The maximum Gasteiger partial charge on any atom is 0.457 e. The minimum Gasteiger partial charge on any atom is -0.294 e. The fourth-order valence-electron chi connectivity index (χ4n) is 3.74. The van der Waals surface area contributed by atoms with Crippen LogP contribution in [0.5, 0.6) is 0 Å². The number of ketones is 1. The summed E-state index contributed by atoms with van der Waals surface area (Å²) in [7, 11) is 2.34. The molecule has 3 rings (SSSR count). The lowest BCUT2D eigenvalue weighted by atomic mass is 9.83. The number of carbonyl (C=O) groups excluding carboxylic acids is 1. The number of hydrogen-bond donors (Lipinski definition) is 0. The molecule has 0 aliphatic heterocycles. The number of aromatic nitrogens is 1. The molecule has 1 heterocycles. The first-order valence-electron chi connectivity index (χ1n) is 10.7. The van der Waals surface area contributed by atoms with Crippen molar-refractivity contribution < 1.29 is 44.3 Å². The summed E-state index contributed by atoms with van der Waals surface area (Å²) in [6, 6.07) is 4.91.